The fourth-order valence-corrected chi connectivity index (χ4v) is 6.49. The Hall–Kier alpha value is -0.763. The molecule has 1 aliphatic rings. The Balaban J connectivity index is 3.08. The first kappa shape index (κ1) is 20.3. The molecule has 1 fully saturated rings. The van der Waals surface area contributed by atoms with E-state index in [1.807, 2.05) is 20.8 Å². The summed E-state index contributed by atoms with van der Waals surface area (Å²) in [5.74, 6) is -1.45. The molecule has 1 rings (SSSR count). The van der Waals surface area contributed by atoms with Crippen molar-refractivity contribution in [3.8, 4) is 0 Å². The van der Waals surface area contributed by atoms with E-state index in [9.17, 15) is 9.59 Å². The average molecular weight is 346 g/mol. The van der Waals surface area contributed by atoms with Gasteiger partial charge in [-0.05, 0) is 27.2 Å². The fourth-order valence-electron chi connectivity index (χ4n) is 3.09. The molecule has 0 aliphatic carbocycles. The van der Waals surface area contributed by atoms with Crippen molar-refractivity contribution in [2.75, 3.05) is 19.8 Å². The molecule has 134 valence electrons. The summed E-state index contributed by atoms with van der Waals surface area (Å²) < 4.78 is 22.7. The Morgan fingerprint density at radius 1 is 1.04 bits per heavy atom. The first-order chi connectivity index (χ1) is 11.0. The van der Waals surface area contributed by atoms with Gasteiger partial charge in [0.25, 0.3) is 0 Å². The van der Waals surface area contributed by atoms with Crippen LogP contribution in [0.2, 0.25) is 5.54 Å². The lowest BCUT2D eigenvalue weighted by Crippen LogP contribution is -2.53. The van der Waals surface area contributed by atoms with Crippen LogP contribution in [0.3, 0.4) is 0 Å². The number of hydrogen-bond donors (Lipinski definition) is 0. The van der Waals surface area contributed by atoms with Crippen LogP contribution in [0.15, 0.2) is 0 Å². The van der Waals surface area contributed by atoms with Gasteiger partial charge >= 0.3 is 20.7 Å². The van der Waals surface area contributed by atoms with Crippen molar-refractivity contribution in [2.45, 2.75) is 65.3 Å². The molecular formula is C16H30O6Si. The van der Waals surface area contributed by atoms with E-state index in [1.165, 1.54) is 0 Å². The normalized spacial score (nSPS) is 19.9. The summed E-state index contributed by atoms with van der Waals surface area (Å²) in [7, 11) is -3.06. The lowest BCUT2D eigenvalue weighted by atomic mass is 9.98. The number of cyclic esters (lactones) is 2. The molecule has 0 saturated carbocycles. The van der Waals surface area contributed by atoms with E-state index in [0.29, 0.717) is 19.8 Å². The Labute approximate surface area is 140 Å². The molecule has 7 heteroatoms. The highest BCUT2D eigenvalue weighted by Gasteiger charge is 2.56. The molecule has 2 unspecified atom stereocenters. The van der Waals surface area contributed by atoms with Crippen molar-refractivity contribution in [3.63, 3.8) is 0 Å². The molecule has 0 aromatic heterocycles. The van der Waals surface area contributed by atoms with Crippen LogP contribution in [0.5, 0.6) is 0 Å². The highest BCUT2D eigenvalue weighted by molar-refractivity contribution is 6.63. The zero-order valence-corrected chi connectivity index (χ0v) is 15.8. The quantitative estimate of drug-likeness (QED) is 0.234. The topological polar surface area (TPSA) is 71.1 Å². The number of esters is 2. The third-order valence-electron chi connectivity index (χ3n) is 4.00. The number of carbonyl (C=O) groups excluding carboxylic acids is 2. The first-order valence-electron chi connectivity index (χ1n) is 8.70. The summed E-state index contributed by atoms with van der Waals surface area (Å²) in [5.41, 5.74) is -0.229. The minimum absolute atomic E-state index is 0.0948. The van der Waals surface area contributed by atoms with Crippen molar-refractivity contribution >= 4 is 20.7 Å². The third kappa shape index (κ3) is 5.38. The molecule has 1 aliphatic heterocycles. The molecule has 2 atom stereocenters. The van der Waals surface area contributed by atoms with Crippen LogP contribution >= 0.6 is 0 Å². The van der Waals surface area contributed by atoms with E-state index < -0.39 is 26.7 Å². The van der Waals surface area contributed by atoms with Crippen molar-refractivity contribution in [1.82, 2.24) is 0 Å². The van der Waals surface area contributed by atoms with Gasteiger partial charge in [-0.15, -0.1) is 0 Å². The smallest absolute Gasteiger partial charge is 0.393 e. The van der Waals surface area contributed by atoms with E-state index in [-0.39, 0.29) is 12.0 Å². The summed E-state index contributed by atoms with van der Waals surface area (Å²) in [6.07, 6.45) is 3.92. The molecular weight excluding hydrogens is 316 g/mol. The number of rotatable bonds is 12. The van der Waals surface area contributed by atoms with Crippen LogP contribution < -0.4 is 0 Å². The molecule has 0 N–H and O–H groups in total. The fraction of sp³-hybridized carbons (Fsp3) is 0.875. The predicted molar refractivity (Wildman–Crippen MR) is 87.7 cm³/mol. The second kappa shape index (κ2) is 10.2. The molecule has 0 amide bonds. The minimum atomic E-state index is -3.06. The largest absolute Gasteiger partial charge is 0.505 e. The molecule has 1 heterocycles. The van der Waals surface area contributed by atoms with E-state index in [4.69, 9.17) is 18.0 Å². The van der Waals surface area contributed by atoms with E-state index in [1.54, 1.807) is 0 Å². The van der Waals surface area contributed by atoms with Gasteiger partial charge in [-0.2, -0.15) is 0 Å². The Morgan fingerprint density at radius 3 is 2.00 bits per heavy atom. The summed E-state index contributed by atoms with van der Waals surface area (Å²) >= 11 is 0. The lowest BCUT2D eigenvalue weighted by molar-refractivity contribution is -0.153. The number of hydrogen-bond acceptors (Lipinski definition) is 6. The highest BCUT2D eigenvalue weighted by atomic mass is 28.4. The Bertz CT molecular complexity index is 370. The summed E-state index contributed by atoms with van der Waals surface area (Å²) in [5, 5.41) is 0. The molecule has 0 aromatic rings. The number of unbranched alkanes of at least 4 members (excludes halogenated alkanes) is 2. The van der Waals surface area contributed by atoms with E-state index in [2.05, 4.69) is 6.92 Å². The predicted octanol–water partition coefficient (Wildman–Crippen LogP) is 3.08. The third-order valence-corrected chi connectivity index (χ3v) is 7.67. The molecule has 6 nitrogen and oxygen atoms in total. The van der Waals surface area contributed by atoms with Gasteiger partial charge in [-0.3, -0.25) is 9.59 Å². The van der Waals surface area contributed by atoms with Gasteiger partial charge in [0, 0.05) is 25.4 Å². The van der Waals surface area contributed by atoms with Crippen molar-refractivity contribution in [1.29, 1.82) is 0 Å². The number of carbonyl (C=O) groups is 2. The summed E-state index contributed by atoms with van der Waals surface area (Å²) in [6, 6.07) is 0. The van der Waals surface area contributed by atoms with Crippen LogP contribution in [0, 0.1) is 5.92 Å². The molecule has 0 radical (unpaired) electrons. The Morgan fingerprint density at radius 2 is 1.61 bits per heavy atom. The Kier molecular flexibility index (Phi) is 8.97. The van der Waals surface area contributed by atoms with Crippen molar-refractivity contribution < 1.29 is 27.6 Å². The van der Waals surface area contributed by atoms with Gasteiger partial charge in [0.1, 0.15) is 0 Å². The van der Waals surface area contributed by atoms with Gasteiger partial charge < -0.3 is 18.0 Å². The lowest BCUT2D eigenvalue weighted by Gasteiger charge is -2.37. The zero-order valence-electron chi connectivity index (χ0n) is 14.8. The highest BCUT2D eigenvalue weighted by Crippen LogP contribution is 2.42. The van der Waals surface area contributed by atoms with Crippen LogP contribution in [0.25, 0.3) is 0 Å². The molecule has 23 heavy (non-hydrogen) atoms. The zero-order chi connectivity index (χ0) is 17.3. The second-order valence-electron chi connectivity index (χ2n) is 5.61. The van der Waals surface area contributed by atoms with Gasteiger partial charge in [-0.25, -0.2) is 0 Å². The monoisotopic (exact) mass is 346 g/mol. The van der Waals surface area contributed by atoms with E-state index in [0.717, 1.165) is 25.7 Å². The maximum absolute atomic E-state index is 12.1. The average Bonchev–Trinajstić information content (AvgIpc) is 2.83. The van der Waals surface area contributed by atoms with Crippen LogP contribution in [-0.4, -0.2) is 40.6 Å². The minimum Gasteiger partial charge on any atom is -0.393 e. The molecule has 1 saturated heterocycles. The molecule has 0 spiro atoms. The first-order valence-corrected chi connectivity index (χ1v) is 10.5. The molecule has 0 bridgehead atoms. The van der Waals surface area contributed by atoms with E-state index >= 15 is 0 Å². The maximum Gasteiger partial charge on any atom is 0.505 e. The van der Waals surface area contributed by atoms with Crippen molar-refractivity contribution in [3.05, 3.63) is 0 Å². The van der Waals surface area contributed by atoms with Crippen LogP contribution in [0.1, 0.15) is 59.8 Å². The van der Waals surface area contributed by atoms with Gasteiger partial charge in [0.05, 0.1) is 12.3 Å². The second-order valence-corrected chi connectivity index (χ2v) is 8.42. The van der Waals surface area contributed by atoms with Crippen LogP contribution in [0.4, 0.5) is 0 Å². The summed E-state index contributed by atoms with van der Waals surface area (Å²) in [6.45, 7) is 9.15. The van der Waals surface area contributed by atoms with Gasteiger partial charge in [-0.1, -0.05) is 26.2 Å². The molecule has 0 aromatic carbocycles. The van der Waals surface area contributed by atoms with Gasteiger partial charge in [0.15, 0.2) is 0 Å². The summed E-state index contributed by atoms with van der Waals surface area (Å²) in [4.78, 5) is 23.7. The standard InChI is InChI=1S/C16H30O6Si/c1-5-9-10-11-14(13-12-15(17)22-16(13)18)23(19-6-2,20-7-3)21-8-4/h13-14H,5-12H2,1-4H3. The van der Waals surface area contributed by atoms with Crippen LogP contribution in [-0.2, 0) is 27.6 Å². The van der Waals surface area contributed by atoms with Gasteiger partial charge in [0.2, 0.25) is 0 Å². The van der Waals surface area contributed by atoms with Crippen molar-refractivity contribution in [2.24, 2.45) is 5.92 Å². The maximum atomic E-state index is 12.1. The number of ether oxygens (including phenoxy) is 1. The SMILES string of the molecule is CCCCCC(C1CC(=O)OC1=O)[Si](OCC)(OCC)OCC.